The third kappa shape index (κ3) is 2.82. The topological polar surface area (TPSA) is 52.6 Å². The molecule has 0 saturated heterocycles. The fourth-order valence-corrected chi connectivity index (χ4v) is 1.30. The third-order valence-corrected chi connectivity index (χ3v) is 2.05. The highest BCUT2D eigenvalue weighted by Crippen LogP contribution is 2.27. The maximum atomic E-state index is 11.2. The van der Waals surface area contributed by atoms with Crippen LogP contribution >= 0.6 is 0 Å². The van der Waals surface area contributed by atoms with Gasteiger partial charge in [0.05, 0.1) is 7.11 Å². The van der Waals surface area contributed by atoms with Crippen LogP contribution in [0.4, 0.5) is 0 Å². The van der Waals surface area contributed by atoms with Crippen LogP contribution in [0.1, 0.15) is 13.8 Å². The number of rotatable bonds is 5. The molecule has 0 spiro atoms. The van der Waals surface area contributed by atoms with E-state index in [2.05, 4.69) is 0 Å². The summed E-state index contributed by atoms with van der Waals surface area (Å²) in [5.74, 6) is 0.243. The van der Waals surface area contributed by atoms with Gasteiger partial charge in [0.2, 0.25) is 6.10 Å². The number of Topliss-reactive ketones (excluding diaryl/α,β-unsaturated/α-hetero) is 2. The van der Waals surface area contributed by atoms with Gasteiger partial charge >= 0.3 is 0 Å². The number of ether oxygens (including phenoxy) is 2. The molecule has 0 fully saturated rings. The summed E-state index contributed by atoms with van der Waals surface area (Å²) in [7, 11) is 1.50. The Hall–Kier alpha value is -1.84. The molecule has 0 aliphatic heterocycles. The molecule has 0 aliphatic rings. The van der Waals surface area contributed by atoms with E-state index in [1.165, 1.54) is 21.0 Å². The van der Waals surface area contributed by atoms with E-state index in [-0.39, 0.29) is 11.6 Å². The van der Waals surface area contributed by atoms with Crippen LogP contribution in [0.25, 0.3) is 0 Å². The van der Waals surface area contributed by atoms with E-state index < -0.39 is 6.10 Å². The van der Waals surface area contributed by atoms with Gasteiger partial charge in [-0.2, -0.15) is 0 Å². The quantitative estimate of drug-likeness (QED) is 0.710. The lowest BCUT2D eigenvalue weighted by molar-refractivity contribution is -0.134. The number of para-hydroxylation sites is 2. The molecule has 4 nitrogen and oxygen atoms in total. The van der Waals surface area contributed by atoms with E-state index in [0.29, 0.717) is 11.5 Å². The highest BCUT2D eigenvalue weighted by atomic mass is 16.5. The first-order valence-corrected chi connectivity index (χ1v) is 4.87. The molecule has 0 aromatic heterocycles. The van der Waals surface area contributed by atoms with Gasteiger partial charge in [-0.15, -0.1) is 0 Å². The minimum Gasteiger partial charge on any atom is -0.493 e. The first kappa shape index (κ1) is 12.2. The molecule has 0 radical (unpaired) electrons. The molecule has 0 aliphatic carbocycles. The van der Waals surface area contributed by atoms with E-state index in [0.717, 1.165) is 0 Å². The fraction of sp³-hybridized carbons (Fsp3) is 0.333. The third-order valence-electron chi connectivity index (χ3n) is 2.05. The molecule has 4 heteroatoms. The molecule has 0 heterocycles. The Bertz CT molecular complexity index is 384. The monoisotopic (exact) mass is 222 g/mol. The summed E-state index contributed by atoms with van der Waals surface area (Å²) in [6.45, 7) is 2.64. The SMILES string of the molecule is COc1ccccc1OC(C(C)=O)C(C)=O. The molecule has 0 saturated carbocycles. The maximum Gasteiger partial charge on any atom is 0.214 e. The van der Waals surface area contributed by atoms with Gasteiger partial charge < -0.3 is 9.47 Å². The van der Waals surface area contributed by atoms with Crippen molar-refractivity contribution < 1.29 is 19.1 Å². The number of hydrogen-bond acceptors (Lipinski definition) is 4. The van der Waals surface area contributed by atoms with Crippen molar-refractivity contribution in [3.8, 4) is 11.5 Å². The van der Waals surface area contributed by atoms with Crippen molar-refractivity contribution in [2.75, 3.05) is 7.11 Å². The van der Waals surface area contributed by atoms with E-state index in [4.69, 9.17) is 9.47 Å². The molecule has 16 heavy (non-hydrogen) atoms. The van der Waals surface area contributed by atoms with Gasteiger partial charge in [-0.05, 0) is 26.0 Å². The normalized spacial score (nSPS) is 10.0. The molecule has 86 valence electrons. The highest BCUT2D eigenvalue weighted by Gasteiger charge is 2.22. The summed E-state index contributed by atoms with van der Waals surface area (Å²) in [6, 6.07) is 6.88. The average molecular weight is 222 g/mol. The second-order valence-corrected chi connectivity index (χ2v) is 3.37. The molecule has 1 rings (SSSR count). The largest absolute Gasteiger partial charge is 0.493 e. The summed E-state index contributed by atoms with van der Waals surface area (Å²) < 4.78 is 10.4. The minimum atomic E-state index is -1.06. The lowest BCUT2D eigenvalue weighted by Gasteiger charge is -2.15. The van der Waals surface area contributed by atoms with Gasteiger partial charge in [0.1, 0.15) is 0 Å². The number of carbonyl (C=O) groups excluding carboxylic acids is 2. The predicted octanol–water partition coefficient (Wildman–Crippen LogP) is 1.62. The zero-order valence-electron chi connectivity index (χ0n) is 9.52. The van der Waals surface area contributed by atoms with Crippen LogP contribution in [0.3, 0.4) is 0 Å². The lowest BCUT2D eigenvalue weighted by Crippen LogP contribution is -2.32. The first-order chi connectivity index (χ1) is 7.56. The van der Waals surface area contributed by atoms with E-state index in [9.17, 15) is 9.59 Å². The van der Waals surface area contributed by atoms with Crippen LogP contribution in [0.5, 0.6) is 11.5 Å². The zero-order valence-corrected chi connectivity index (χ0v) is 9.52. The number of hydrogen-bond donors (Lipinski definition) is 0. The smallest absolute Gasteiger partial charge is 0.214 e. The summed E-state index contributed by atoms with van der Waals surface area (Å²) in [6.07, 6.45) is -1.06. The molecule has 0 N–H and O–H groups in total. The van der Waals surface area contributed by atoms with E-state index in [1.807, 2.05) is 0 Å². The van der Waals surface area contributed by atoms with Gasteiger partial charge in [0.25, 0.3) is 0 Å². The molecule has 0 atom stereocenters. The van der Waals surface area contributed by atoms with Crippen LogP contribution in [-0.2, 0) is 9.59 Å². The predicted molar refractivity (Wildman–Crippen MR) is 58.8 cm³/mol. The van der Waals surface area contributed by atoms with Crippen molar-refractivity contribution >= 4 is 11.6 Å². The maximum absolute atomic E-state index is 11.2. The Kier molecular flexibility index (Phi) is 4.05. The fourth-order valence-electron chi connectivity index (χ4n) is 1.30. The molecular formula is C12H14O4. The second kappa shape index (κ2) is 5.30. The molecule has 0 bridgehead atoms. The van der Waals surface area contributed by atoms with Crippen molar-refractivity contribution in [2.24, 2.45) is 0 Å². The number of ketones is 2. The summed E-state index contributed by atoms with van der Waals surface area (Å²) in [4.78, 5) is 22.4. The van der Waals surface area contributed by atoms with Crippen LogP contribution < -0.4 is 9.47 Å². The second-order valence-electron chi connectivity index (χ2n) is 3.37. The zero-order chi connectivity index (χ0) is 12.1. The van der Waals surface area contributed by atoms with Crippen molar-refractivity contribution in [3.05, 3.63) is 24.3 Å². The Balaban J connectivity index is 2.93. The Morgan fingerprint density at radius 2 is 1.56 bits per heavy atom. The number of carbonyl (C=O) groups is 2. The molecule has 1 aromatic carbocycles. The molecular weight excluding hydrogens is 208 g/mol. The summed E-state index contributed by atoms with van der Waals surface area (Å²) in [5.41, 5.74) is 0. The van der Waals surface area contributed by atoms with Crippen molar-refractivity contribution in [1.29, 1.82) is 0 Å². The Labute approximate surface area is 94.2 Å². The standard InChI is InChI=1S/C12H14O4/c1-8(13)12(9(2)14)16-11-7-5-4-6-10(11)15-3/h4-7,12H,1-3H3. The van der Waals surface area contributed by atoms with Crippen LogP contribution in [0.2, 0.25) is 0 Å². The Morgan fingerprint density at radius 3 is 2.00 bits per heavy atom. The lowest BCUT2D eigenvalue weighted by atomic mass is 10.2. The number of benzene rings is 1. The van der Waals surface area contributed by atoms with Gasteiger partial charge in [-0.1, -0.05) is 12.1 Å². The van der Waals surface area contributed by atoms with Crippen LogP contribution in [-0.4, -0.2) is 24.8 Å². The van der Waals surface area contributed by atoms with Gasteiger partial charge in [0.15, 0.2) is 23.1 Å². The van der Waals surface area contributed by atoms with E-state index in [1.54, 1.807) is 24.3 Å². The minimum absolute atomic E-state index is 0.321. The first-order valence-electron chi connectivity index (χ1n) is 4.87. The van der Waals surface area contributed by atoms with Crippen molar-refractivity contribution in [1.82, 2.24) is 0 Å². The van der Waals surface area contributed by atoms with Gasteiger partial charge in [0, 0.05) is 0 Å². The molecule has 0 amide bonds. The van der Waals surface area contributed by atoms with Gasteiger partial charge in [-0.3, -0.25) is 9.59 Å². The highest BCUT2D eigenvalue weighted by molar-refractivity contribution is 6.03. The molecule has 0 unspecified atom stereocenters. The van der Waals surface area contributed by atoms with Crippen molar-refractivity contribution in [3.63, 3.8) is 0 Å². The summed E-state index contributed by atoms with van der Waals surface area (Å²) >= 11 is 0. The van der Waals surface area contributed by atoms with Crippen molar-refractivity contribution in [2.45, 2.75) is 20.0 Å². The van der Waals surface area contributed by atoms with E-state index >= 15 is 0 Å². The Morgan fingerprint density at radius 1 is 1.06 bits per heavy atom. The molecule has 1 aromatic rings. The number of methoxy groups -OCH3 is 1. The summed E-state index contributed by atoms with van der Waals surface area (Å²) in [5, 5.41) is 0. The van der Waals surface area contributed by atoms with Gasteiger partial charge in [-0.25, -0.2) is 0 Å². The average Bonchev–Trinajstić information content (AvgIpc) is 2.25. The van der Waals surface area contributed by atoms with Crippen LogP contribution in [0, 0.1) is 0 Å². The van der Waals surface area contributed by atoms with Crippen LogP contribution in [0.15, 0.2) is 24.3 Å².